The van der Waals surface area contributed by atoms with Crippen molar-refractivity contribution < 1.29 is 4.74 Å². The number of nitrogens with one attached hydrogen (secondary N) is 1. The molecule has 1 atom stereocenters. The Labute approximate surface area is 109 Å². The molecule has 1 unspecified atom stereocenters. The van der Waals surface area contributed by atoms with Gasteiger partial charge in [0.15, 0.2) is 11.9 Å². The van der Waals surface area contributed by atoms with Crippen LogP contribution < -0.4 is 10.1 Å². The molecule has 0 fully saturated rings. The molecule has 1 aliphatic rings. The van der Waals surface area contributed by atoms with Crippen LogP contribution in [0.15, 0.2) is 29.6 Å². The number of rotatable bonds is 1. The van der Waals surface area contributed by atoms with E-state index in [1.165, 1.54) is 10.4 Å². The monoisotopic (exact) mass is 265 g/mol. The maximum atomic E-state index is 6.15. The second-order valence-corrected chi connectivity index (χ2v) is 5.43. The summed E-state index contributed by atoms with van der Waals surface area (Å²) in [4.78, 5) is 1.27. The highest BCUT2D eigenvalue weighted by Crippen LogP contribution is 2.40. The number of thiophene rings is 1. The first-order chi connectivity index (χ1) is 8.25. The van der Waals surface area contributed by atoms with E-state index in [0.29, 0.717) is 5.02 Å². The van der Waals surface area contributed by atoms with Gasteiger partial charge in [0, 0.05) is 4.88 Å². The first kappa shape index (κ1) is 10.9. The molecule has 0 bridgehead atoms. The third kappa shape index (κ3) is 1.90. The number of ether oxygens (including phenoxy) is 1. The zero-order valence-electron chi connectivity index (χ0n) is 9.37. The maximum Gasteiger partial charge on any atom is 0.162 e. The fourth-order valence-electron chi connectivity index (χ4n) is 2.01. The van der Waals surface area contributed by atoms with E-state index in [2.05, 4.69) is 23.7 Å². The lowest BCUT2D eigenvalue weighted by Crippen LogP contribution is -2.23. The van der Waals surface area contributed by atoms with Crippen molar-refractivity contribution >= 4 is 28.6 Å². The summed E-state index contributed by atoms with van der Waals surface area (Å²) in [6, 6.07) is 7.88. The average molecular weight is 266 g/mol. The Hall–Kier alpha value is -1.19. The third-order valence-electron chi connectivity index (χ3n) is 2.90. The zero-order chi connectivity index (χ0) is 11.8. The molecule has 3 rings (SSSR count). The minimum absolute atomic E-state index is 0.0578. The summed E-state index contributed by atoms with van der Waals surface area (Å²) in [5.74, 6) is 0.762. The minimum Gasteiger partial charge on any atom is -0.479 e. The molecule has 2 nitrogen and oxygen atoms in total. The molecular formula is C13H12ClNOS. The molecule has 17 heavy (non-hydrogen) atoms. The first-order valence-corrected chi connectivity index (χ1v) is 6.74. The van der Waals surface area contributed by atoms with Gasteiger partial charge in [-0.05, 0) is 36.1 Å². The number of aryl methyl sites for hydroxylation is 1. The fraction of sp³-hybridized carbons (Fsp3) is 0.231. The predicted molar refractivity (Wildman–Crippen MR) is 72.4 cm³/mol. The van der Waals surface area contributed by atoms with E-state index in [0.717, 1.165) is 18.0 Å². The molecular weight excluding hydrogens is 254 g/mol. The average Bonchev–Trinajstić information content (AvgIpc) is 2.76. The van der Waals surface area contributed by atoms with Gasteiger partial charge in [-0.1, -0.05) is 17.7 Å². The lowest BCUT2D eigenvalue weighted by Gasteiger charge is -2.27. The zero-order valence-corrected chi connectivity index (χ0v) is 10.9. The van der Waals surface area contributed by atoms with Crippen LogP contribution in [0.25, 0.3) is 0 Å². The highest BCUT2D eigenvalue weighted by atomic mass is 35.5. The van der Waals surface area contributed by atoms with E-state index in [-0.39, 0.29) is 6.10 Å². The smallest absolute Gasteiger partial charge is 0.162 e. The number of fused-ring (bicyclic) bond motifs is 1. The van der Waals surface area contributed by atoms with Crippen LogP contribution in [0.2, 0.25) is 5.02 Å². The molecule has 4 heteroatoms. The quantitative estimate of drug-likeness (QED) is 0.832. The van der Waals surface area contributed by atoms with Gasteiger partial charge in [-0.3, -0.25) is 0 Å². The van der Waals surface area contributed by atoms with Crippen LogP contribution in [0.5, 0.6) is 5.75 Å². The Kier molecular flexibility index (Phi) is 2.73. The third-order valence-corrected chi connectivity index (χ3v) is 4.31. The van der Waals surface area contributed by atoms with Crippen LogP contribution in [-0.2, 0) is 0 Å². The summed E-state index contributed by atoms with van der Waals surface area (Å²) >= 11 is 7.88. The van der Waals surface area contributed by atoms with Crippen molar-refractivity contribution in [1.82, 2.24) is 0 Å². The first-order valence-electron chi connectivity index (χ1n) is 5.49. The van der Waals surface area contributed by atoms with Crippen LogP contribution in [-0.4, -0.2) is 6.54 Å². The Bertz CT molecular complexity index is 552. The second kappa shape index (κ2) is 4.24. The lowest BCUT2D eigenvalue weighted by atomic mass is 10.1. The second-order valence-electron chi connectivity index (χ2n) is 4.07. The van der Waals surface area contributed by atoms with Crippen molar-refractivity contribution in [3.05, 3.63) is 45.1 Å². The van der Waals surface area contributed by atoms with Gasteiger partial charge < -0.3 is 10.1 Å². The predicted octanol–water partition coefficient (Wildman–Crippen LogP) is 4.26. The standard InChI is InChI=1S/C13H12ClNOS/c1-8-5-6-17-13(8)11-7-15-10-4-2-3-9(14)12(10)16-11/h2-6,11,15H,7H2,1H3. The molecule has 88 valence electrons. The van der Waals surface area contributed by atoms with Crippen molar-refractivity contribution in [3.63, 3.8) is 0 Å². The highest BCUT2D eigenvalue weighted by Gasteiger charge is 2.24. The van der Waals surface area contributed by atoms with Crippen LogP contribution >= 0.6 is 22.9 Å². The molecule has 2 aromatic rings. The van der Waals surface area contributed by atoms with Crippen molar-refractivity contribution in [2.45, 2.75) is 13.0 Å². The van der Waals surface area contributed by atoms with Crippen LogP contribution in [0.1, 0.15) is 16.5 Å². The molecule has 0 radical (unpaired) electrons. The largest absolute Gasteiger partial charge is 0.479 e. The van der Waals surface area contributed by atoms with Gasteiger partial charge in [0.05, 0.1) is 17.3 Å². The lowest BCUT2D eigenvalue weighted by molar-refractivity contribution is 0.214. The van der Waals surface area contributed by atoms with E-state index in [4.69, 9.17) is 16.3 Å². The van der Waals surface area contributed by atoms with E-state index in [1.807, 2.05) is 18.2 Å². The Morgan fingerprint density at radius 3 is 3.06 bits per heavy atom. The molecule has 0 saturated heterocycles. The Balaban J connectivity index is 1.95. The van der Waals surface area contributed by atoms with Crippen molar-refractivity contribution in [2.75, 3.05) is 11.9 Å². The molecule has 1 aromatic carbocycles. The number of para-hydroxylation sites is 1. The molecule has 0 spiro atoms. The van der Waals surface area contributed by atoms with E-state index in [1.54, 1.807) is 11.3 Å². The Morgan fingerprint density at radius 2 is 2.29 bits per heavy atom. The SMILES string of the molecule is Cc1ccsc1C1CNc2cccc(Cl)c2O1. The summed E-state index contributed by atoms with van der Waals surface area (Å²) in [6.07, 6.45) is 0.0578. The van der Waals surface area contributed by atoms with Gasteiger partial charge in [0.1, 0.15) is 0 Å². The minimum atomic E-state index is 0.0578. The van der Waals surface area contributed by atoms with Crippen LogP contribution in [0, 0.1) is 6.92 Å². The highest BCUT2D eigenvalue weighted by molar-refractivity contribution is 7.10. The molecule has 1 N–H and O–H groups in total. The van der Waals surface area contributed by atoms with Gasteiger partial charge in [-0.15, -0.1) is 11.3 Å². The van der Waals surface area contributed by atoms with Crippen molar-refractivity contribution in [1.29, 1.82) is 0 Å². The normalized spacial score (nSPS) is 18.1. The van der Waals surface area contributed by atoms with Gasteiger partial charge in [0.25, 0.3) is 0 Å². The van der Waals surface area contributed by atoms with Crippen molar-refractivity contribution in [3.8, 4) is 5.75 Å². The van der Waals surface area contributed by atoms with E-state index >= 15 is 0 Å². The summed E-state index contributed by atoms with van der Waals surface area (Å²) in [6.45, 7) is 2.89. The molecule has 1 aromatic heterocycles. The molecule has 1 aliphatic heterocycles. The number of anilines is 1. The summed E-state index contributed by atoms with van der Waals surface area (Å²) in [5.41, 5.74) is 2.25. The fourth-order valence-corrected chi connectivity index (χ4v) is 3.19. The van der Waals surface area contributed by atoms with Gasteiger partial charge >= 0.3 is 0 Å². The van der Waals surface area contributed by atoms with Gasteiger partial charge in [-0.2, -0.15) is 0 Å². The van der Waals surface area contributed by atoms with Crippen LogP contribution in [0.4, 0.5) is 5.69 Å². The number of halogens is 1. The van der Waals surface area contributed by atoms with Gasteiger partial charge in [0.2, 0.25) is 0 Å². The van der Waals surface area contributed by atoms with Gasteiger partial charge in [-0.25, -0.2) is 0 Å². The number of benzene rings is 1. The maximum absolute atomic E-state index is 6.15. The van der Waals surface area contributed by atoms with Crippen LogP contribution in [0.3, 0.4) is 0 Å². The number of hydrogen-bond donors (Lipinski definition) is 1. The molecule has 0 aliphatic carbocycles. The van der Waals surface area contributed by atoms with Crippen molar-refractivity contribution in [2.24, 2.45) is 0 Å². The molecule has 0 amide bonds. The van der Waals surface area contributed by atoms with E-state index < -0.39 is 0 Å². The van der Waals surface area contributed by atoms with E-state index in [9.17, 15) is 0 Å². The summed E-state index contributed by atoms with van der Waals surface area (Å²) in [7, 11) is 0. The topological polar surface area (TPSA) is 21.3 Å². The number of hydrogen-bond acceptors (Lipinski definition) is 3. The molecule has 2 heterocycles. The molecule has 0 saturated carbocycles. The summed E-state index contributed by atoms with van der Waals surface area (Å²) in [5, 5.41) is 6.12. The Morgan fingerprint density at radius 1 is 1.41 bits per heavy atom. The summed E-state index contributed by atoms with van der Waals surface area (Å²) < 4.78 is 6.00.